The fraction of sp³-hybridized carbons (Fsp3) is 0.659. The lowest BCUT2D eigenvalue weighted by molar-refractivity contribution is -0.296. The van der Waals surface area contributed by atoms with E-state index in [1.165, 1.54) is 13.8 Å². The second-order valence-corrected chi connectivity index (χ2v) is 18.2. The Balaban J connectivity index is 1.72. The number of Topliss-reactive ketones (excluding diaryl/α,β-unsaturated/α-hetero) is 1. The topological polar surface area (TPSA) is 166 Å². The van der Waals surface area contributed by atoms with Crippen LogP contribution in [0.25, 0.3) is 16.6 Å². The lowest BCUT2D eigenvalue weighted by atomic mass is 9.73. The van der Waals surface area contributed by atoms with Gasteiger partial charge in [-0.05, 0) is 103 Å². The normalized spacial score (nSPS) is 38.6. The molecule has 5 rings (SSSR count). The summed E-state index contributed by atoms with van der Waals surface area (Å²) in [5.41, 5.74) is -1.10. The summed E-state index contributed by atoms with van der Waals surface area (Å²) in [5, 5.41) is 24.2. The summed E-state index contributed by atoms with van der Waals surface area (Å²) in [6.45, 7) is 15.5. The number of ether oxygens (including phenoxy) is 5. The number of ketones is 1. The predicted octanol–water partition coefficient (Wildman–Crippen LogP) is 5.76. The highest BCUT2D eigenvalue weighted by Crippen LogP contribution is 2.41. The minimum atomic E-state index is -1.79. The van der Waals surface area contributed by atoms with Crippen LogP contribution >= 0.6 is 11.3 Å². The molecule has 0 saturated carbocycles. The van der Waals surface area contributed by atoms with Crippen LogP contribution in [0, 0.1) is 23.7 Å². The number of fused-ring (bicyclic) bond motifs is 5. The smallest absolute Gasteiger partial charge is 0.316 e. The number of hydrogen-bond acceptors (Lipinski definition) is 13. The van der Waals surface area contributed by atoms with Gasteiger partial charge in [-0.2, -0.15) is 0 Å². The Bertz CT molecular complexity index is 1810. The summed E-state index contributed by atoms with van der Waals surface area (Å²) < 4.78 is 32.9. The molecule has 5 unspecified atom stereocenters. The zero-order valence-corrected chi connectivity index (χ0v) is 36.7. The van der Waals surface area contributed by atoms with E-state index in [0.29, 0.717) is 12.1 Å². The number of aromatic nitrogens is 1. The van der Waals surface area contributed by atoms with E-state index in [-0.39, 0.29) is 38.2 Å². The van der Waals surface area contributed by atoms with Crippen LogP contribution < -0.4 is 0 Å². The monoisotopic (exact) mass is 825 g/mol. The lowest BCUT2D eigenvalue weighted by Crippen LogP contribution is -2.60. The van der Waals surface area contributed by atoms with Crippen LogP contribution in [-0.2, 0) is 38.1 Å². The van der Waals surface area contributed by atoms with E-state index >= 15 is 0 Å². The Morgan fingerprint density at radius 3 is 2.45 bits per heavy atom. The fourth-order valence-electron chi connectivity index (χ4n) is 8.93. The Kier molecular flexibility index (Phi) is 15.0. The summed E-state index contributed by atoms with van der Waals surface area (Å²) in [4.78, 5) is 54.2. The Morgan fingerprint density at radius 2 is 1.81 bits per heavy atom. The highest BCUT2D eigenvalue weighted by atomic mass is 32.1. The van der Waals surface area contributed by atoms with Gasteiger partial charge in [0.25, 0.3) is 0 Å². The van der Waals surface area contributed by atoms with Crippen LogP contribution in [0.15, 0.2) is 47.1 Å². The van der Waals surface area contributed by atoms with Crippen molar-refractivity contribution in [2.24, 2.45) is 28.7 Å². The Hall–Kier alpha value is -3.21. The van der Waals surface area contributed by atoms with E-state index < -0.39 is 83.2 Å². The Labute approximate surface area is 347 Å². The van der Waals surface area contributed by atoms with Crippen LogP contribution in [0.5, 0.6) is 0 Å². The number of rotatable bonds is 6. The maximum atomic E-state index is 14.5. The van der Waals surface area contributed by atoms with E-state index in [1.54, 1.807) is 38.3 Å². The van der Waals surface area contributed by atoms with E-state index in [1.807, 2.05) is 83.1 Å². The first-order valence-electron chi connectivity index (χ1n) is 20.4. The quantitative estimate of drug-likeness (QED) is 0.268. The molecule has 2 bridgehead atoms. The predicted molar refractivity (Wildman–Crippen MR) is 222 cm³/mol. The average molecular weight is 826 g/mol. The number of hydrogen-bond donors (Lipinski definition) is 2. The molecule has 2 aromatic rings. The summed E-state index contributed by atoms with van der Waals surface area (Å²) in [6, 6.07) is 9.45. The summed E-state index contributed by atoms with van der Waals surface area (Å²) >= 11 is 1.55. The fourth-order valence-corrected chi connectivity index (χ4v) is 9.91. The first-order chi connectivity index (χ1) is 27.3. The number of nitrogens with zero attached hydrogens (tertiary/aromatic N) is 3. The third-order valence-electron chi connectivity index (χ3n) is 12.0. The number of likely N-dealkylation sites (N-methyl/N-ethyl adjacent to an activating group) is 1. The van der Waals surface area contributed by atoms with Crippen molar-refractivity contribution in [3.63, 3.8) is 0 Å². The first-order valence-corrected chi connectivity index (χ1v) is 21.3. The van der Waals surface area contributed by atoms with E-state index in [2.05, 4.69) is 9.98 Å². The van der Waals surface area contributed by atoms with E-state index in [4.69, 9.17) is 23.7 Å². The molecule has 0 spiro atoms. The van der Waals surface area contributed by atoms with Crippen molar-refractivity contribution in [1.82, 2.24) is 9.88 Å². The zero-order chi connectivity index (χ0) is 42.7. The highest BCUT2D eigenvalue weighted by Gasteiger charge is 2.53. The molecule has 1 amide bonds. The van der Waals surface area contributed by atoms with Crippen molar-refractivity contribution in [2.75, 3.05) is 27.3 Å². The SMILES string of the molecule is CC[C@H]1OC(=O)[C@H](C)C(=O)[C@H](C)C(O[C@@H]2O[C@H](C)C[C@H](N(C)C)C2O)[C@@]2(C)CC(C)C(=NC(C)=O)C(C)C(OC/C(=C/c3ccc(-c4ccccn4)s3)CO2)[C@]1(C)O. The molecule has 58 heavy (non-hydrogen) atoms. The number of aliphatic imine (C=N–C) groups is 1. The number of aliphatic hydroxyl groups excluding tert-OH is 1. The van der Waals surface area contributed by atoms with Gasteiger partial charge in [0.15, 0.2) is 12.1 Å². The summed E-state index contributed by atoms with van der Waals surface area (Å²) in [6.07, 6.45) is -0.994. The van der Waals surface area contributed by atoms with Gasteiger partial charge in [0.2, 0.25) is 5.91 Å². The molecule has 3 fully saturated rings. The summed E-state index contributed by atoms with van der Waals surface area (Å²) in [5.74, 6) is -5.05. The van der Waals surface area contributed by atoms with Gasteiger partial charge in [-0.3, -0.25) is 19.4 Å². The lowest BCUT2D eigenvalue weighted by Gasteiger charge is -2.47. The van der Waals surface area contributed by atoms with Crippen molar-refractivity contribution in [1.29, 1.82) is 0 Å². The molecular weight excluding hydrogens is 763 g/mol. The van der Waals surface area contributed by atoms with Gasteiger partial charge in [0.05, 0.1) is 47.7 Å². The molecule has 320 valence electrons. The third kappa shape index (κ3) is 10.2. The van der Waals surface area contributed by atoms with E-state index in [9.17, 15) is 24.6 Å². The molecule has 2 N–H and O–H groups in total. The standard InChI is InChI=1S/C44H63N3O10S/c1-12-35-44(9,52)40-26(4)36(46-29(7)48)24(2)21-43(8,54-23-30(22-53-40)20-31-16-17-34(58-31)32-15-13-14-18-45-32)39(27(5)37(49)28(6)41(51)56-35)57-42-38(50)33(47(10)11)19-25(3)55-42/h13-18,20,24-28,33,35,38-40,42,50,52H,12,19,21-23H2,1-11H3/b30-20-,46-36?/t24?,25-,26?,27+,28-,33+,35-,38?,39?,40?,42+,43-,44-/m1/s1. The minimum absolute atomic E-state index is 0.00688. The van der Waals surface area contributed by atoms with Crippen LogP contribution in [0.4, 0.5) is 0 Å². The maximum Gasteiger partial charge on any atom is 0.316 e. The van der Waals surface area contributed by atoms with Crippen molar-refractivity contribution < 1.29 is 48.3 Å². The number of esters is 1. The van der Waals surface area contributed by atoms with Crippen LogP contribution in [0.2, 0.25) is 0 Å². The number of carbonyl (C=O) groups excluding carboxylic acids is 3. The van der Waals surface area contributed by atoms with Crippen molar-refractivity contribution >= 4 is 40.8 Å². The first kappa shape index (κ1) is 45.9. The number of pyridine rings is 1. The van der Waals surface area contributed by atoms with Crippen LogP contribution in [-0.4, -0.2) is 125 Å². The zero-order valence-electron chi connectivity index (χ0n) is 35.8. The molecule has 13 atom stereocenters. The second kappa shape index (κ2) is 19.0. The number of amides is 1. The molecule has 3 saturated heterocycles. The Morgan fingerprint density at radius 1 is 1.09 bits per heavy atom. The summed E-state index contributed by atoms with van der Waals surface area (Å²) in [7, 11) is 3.77. The van der Waals surface area contributed by atoms with Crippen LogP contribution in [0.3, 0.4) is 0 Å². The minimum Gasteiger partial charge on any atom is -0.459 e. The largest absolute Gasteiger partial charge is 0.459 e. The highest BCUT2D eigenvalue weighted by molar-refractivity contribution is 7.16. The van der Waals surface area contributed by atoms with Crippen molar-refractivity contribution in [3.05, 3.63) is 47.0 Å². The van der Waals surface area contributed by atoms with Crippen molar-refractivity contribution in [3.8, 4) is 10.6 Å². The van der Waals surface area contributed by atoms with Gasteiger partial charge < -0.3 is 38.8 Å². The van der Waals surface area contributed by atoms with Gasteiger partial charge in [-0.15, -0.1) is 11.3 Å². The number of thiophene rings is 1. The number of cyclic esters (lactones) is 1. The molecule has 13 nitrogen and oxygen atoms in total. The molecular formula is C44H63N3O10S. The molecule has 14 heteroatoms. The molecule has 3 aliphatic rings. The maximum absolute atomic E-state index is 14.5. The van der Waals surface area contributed by atoms with E-state index in [0.717, 1.165) is 21.0 Å². The van der Waals surface area contributed by atoms with Gasteiger partial charge in [-0.1, -0.05) is 33.8 Å². The molecule has 5 heterocycles. The number of carbonyl (C=O) groups is 3. The second-order valence-electron chi connectivity index (χ2n) is 17.1. The third-order valence-corrected chi connectivity index (χ3v) is 13.1. The van der Waals surface area contributed by atoms with Crippen molar-refractivity contribution in [2.45, 2.75) is 136 Å². The van der Waals surface area contributed by atoms with Gasteiger partial charge in [0.1, 0.15) is 23.7 Å². The molecule has 0 aromatic carbocycles. The molecule has 0 radical (unpaired) electrons. The van der Waals surface area contributed by atoms with Gasteiger partial charge in [-0.25, -0.2) is 4.99 Å². The average Bonchev–Trinajstić information content (AvgIpc) is 3.64. The van der Waals surface area contributed by atoms with Crippen LogP contribution in [0.1, 0.15) is 86.5 Å². The van der Waals surface area contributed by atoms with Gasteiger partial charge >= 0.3 is 5.97 Å². The number of aliphatic hydroxyl groups is 2. The molecule has 3 aliphatic heterocycles. The molecule has 0 aliphatic carbocycles. The molecule has 2 aromatic heterocycles. The van der Waals surface area contributed by atoms with Gasteiger partial charge in [0, 0.05) is 41.6 Å².